The summed E-state index contributed by atoms with van der Waals surface area (Å²) in [5.41, 5.74) is 7.20. The van der Waals surface area contributed by atoms with Gasteiger partial charge in [0, 0.05) is 11.6 Å². The first-order chi connectivity index (χ1) is 12.8. The van der Waals surface area contributed by atoms with Crippen LogP contribution in [0.1, 0.15) is 30.2 Å². The summed E-state index contributed by atoms with van der Waals surface area (Å²) in [5.74, 6) is -3.78. The predicted octanol–water partition coefficient (Wildman–Crippen LogP) is 3.85. The summed E-state index contributed by atoms with van der Waals surface area (Å²) in [4.78, 5) is 17.3. The van der Waals surface area contributed by atoms with Crippen LogP contribution in [0.25, 0.3) is 22.3 Å². The summed E-state index contributed by atoms with van der Waals surface area (Å²) in [5, 5.41) is 7.08. The summed E-state index contributed by atoms with van der Waals surface area (Å²) < 4.78 is 28.6. The average molecular weight is 446 g/mol. The van der Waals surface area contributed by atoms with E-state index >= 15 is 0 Å². The molecule has 0 unspecified atom stereocenters. The first-order valence-corrected chi connectivity index (χ1v) is 8.62. The number of halogens is 4. The molecule has 10 heteroatoms. The normalized spacial score (nSPS) is 11.1. The number of nitrogens with one attached hydrogen (secondary N) is 1. The molecule has 29 heavy (non-hydrogen) atoms. The van der Waals surface area contributed by atoms with Crippen molar-refractivity contribution in [3.8, 4) is 11.3 Å². The Morgan fingerprint density at radius 1 is 1.24 bits per heavy atom. The monoisotopic (exact) mass is 445 g/mol. The van der Waals surface area contributed by atoms with E-state index in [-0.39, 0.29) is 36.4 Å². The van der Waals surface area contributed by atoms with Gasteiger partial charge in [0.05, 0.1) is 35.9 Å². The Hall–Kier alpha value is -2.29. The Balaban J connectivity index is 0.00000210. The molecule has 0 aliphatic carbocycles. The summed E-state index contributed by atoms with van der Waals surface area (Å²) >= 11 is 0. The van der Waals surface area contributed by atoms with E-state index in [2.05, 4.69) is 15.4 Å². The van der Waals surface area contributed by atoms with Crippen LogP contribution in [0.15, 0.2) is 42.6 Å². The number of pyridine rings is 1. The topological polar surface area (TPSA) is 85.8 Å². The van der Waals surface area contributed by atoms with Gasteiger partial charge in [-0.2, -0.15) is 5.10 Å². The third-order valence-corrected chi connectivity index (χ3v) is 4.18. The quantitative estimate of drug-likeness (QED) is 0.603. The van der Waals surface area contributed by atoms with Crippen LogP contribution in [0.4, 0.5) is 8.78 Å². The van der Waals surface area contributed by atoms with Crippen LogP contribution < -0.4 is 11.1 Å². The Morgan fingerprint density at radius 3 is 2.48 bits per heavy atom. The van der Waals surface area contributed by atoms with Crippen molar-refractivity contribution in [3.05, 3.63) is 48.2 Å². The van der Waals surface area contributed by atoms with Crippen LogP contribution in [-0.4, -0.2) is 39.7 Å². The van der Waals surface area contributed by atoms with Crippen LogP contribution in [0.5, 0.6) is 0 Å². The molecule has 1 aromatic carbocycles. The van der Waals surface area contributed by atoms with Crippen molar-refractivity contribution >= 4 is 41.8 Å². The Labute approximate surface area is 179 Å². The molecule has 0 spiro atoms. The minimum absolute atomic E-state index is 0. The molecule has 158 valence electrons. The molecule has 1 amide bonds. The SMILES string of the molecule is CC(C)n1ncc2c(C(=O)NCC(F)(F)CN)cc(-c3ccccc3)nc21.Cl.Cl. The van der Waals surface area contributed by atoms with Crippen molar-refractivity contribution in [3.63, 3.8) is 0 Å². The second-order valence-electron chi connectivity index (χ2n) is 6.58. The van der Waals surface area contributed by atoms with E-state index in [9.17, 15) is 13.6 Å². The second-order valence-corrected chi connectivity index (χ2v) is 6.58. The fraction of sp³-hybridized carbons (Fsp3) is 0.316. The number of alkyl halides is 2. The molecule has 0 atom stereocenters. The lowest BCUT2D eigenvalue weighted by Crippen LogP contribution is -2.41. The fourth-order valence-electron chi connectivity index (χ4n) is 2.72. The second kappa shape index (κ2) is 9.96. The number of nitrogens with zero attached hydrogens (tertiary/aromatic N) is 3. The zero-order chi connectivity index (χ0) is 19.6. The minimum atomic E-state index is -3.16. The molecular weight excluding hydrogens is 423 g/mol. The van der Waals surface area contributed by atoms with Crippen LogP contribution in [-0.2, 0) is 0 Å². The number of rotatable bonds is 6. The van der Waals surface area contributed by atoms with E-state index in [0.717, 1.165) is 5.56 Å². The number of fused-ring (bicyclic) bond motifs is 1. The smallest absolute Gasteiger partial charge is 0.277 e. The maximum Gasteiger partial charge on any atom is 0.277 e. The van der Waals surface area contributed by atoms with E-state index in [1.807, 2.05) is 44.2 Å². The van der Waals surface area contributed by atoms with Crippen LogP contribution >= 0.6 is 24.8 Å². The number of carbonyl (C=O) groups excluding carboxylic acids is 1. The largest absolute Gasteiger partial charge is 0.346 e. The fourth-order valence-corrected chi connectivity index (χ4v) is 2.72. The van der Waals surface area contributed by atoms with Crippen LogP contribution in [0.2, 0.25) is 0 Å². The van der Waals surface area contributed by atoms with E-state index < -0.39 is 24.9 Å². The van der Waals surface area contributed by atoms with Crippen molar-refractivity contribution in [2.75, 3.05) is 13.1 Å². The van der Waals surface area contributed by atoms with Gasteiger partial charge >= 0.3 is 0 Å². The van der Waals surface area contributed by atoms with Gasteiger partial charge in [-0.15, -0.1) is 24.8 Å². The zero-order valence-corrected chi connectivity index (χ0v) is 17.6. The molecule has 6 nitrogen and oxygen atoms in total. The highest BCUT2D eigenvalue weighted by molar-refractivity contribution is 6.06. The number of benzene rings is 1. The molecule has 3 rings (SSSR count). The lowest BCUT2D eigenvalue weighted by molar-refractivity contribution is 0.0119. The maximum absolute atomic E-state index is 13.4. The predicted molar refractivity (Wildman–Crippen MR) is 114 cm³/mol. The number of amides is 1. The maximum atomic E-state index is 13.4. The molecule has 0 saturated carbocycles. The van der Waals surface area contributed by atoms with E-state index in [4.69, 9.17) is 5.73 Å². The molecule has 0 aliphatic rings. The lowest BCUT2D eigenvalue weighted by Gasteiger charge is -2.15. The average Bonchev–Trinajstić information content (AvgIpc) is 3.10. The molecule has 3 N–H and O–H groups in total. The highest BCUT2D eigenvalue weighted by atomic mass is 35.5. The number of hydrogen-bond acceptors (Lipinski definition) is 4. The zero-order valence-electron chi connectivity index (χ0n) is 15.9. The van der Waals surface area contributed by atoms with Crippen LogP contribution in [0.3, 0.4) is 0 Å². The third kappa shape index (κ3) is 5.41. The van der Waals surface area contributed by atoms with Crippen molar-refractivity contribution in [1.29, 1.82) is 0 Å². The number of hydrogen-bond donors (Lipinski definition) is 2. The lowest BCUT2D eigenvalue weighted by atomic mass is 10.1. The number of aromatic nitrogens is 3. The summed E-state index contributed by atoms with van der Waals surface area (Å²) in [6, 6.07) is 11.0. The molecule has 2 aromatic heterocycles. The van der Waals surface area contributed by atoms with Gasteiger partial charge < -0.3 is 11.1 Å². The number of nitrogens with two attached hydrogens (primary N) is 1. The molecule has 0 radical (unpaired) electrons. The first kappa shape index (κ1) is 24.7. The van der Waals surface area contributed by atoms with Crippen molar-refractivity contribution in [2.24, 2.45) is 5.73 Å². The van der Waals surface area contributed by atoms with Gasteiger partial charge in [-0.25, -0.2) is 18.4 Å². The minimum Gasteiger partial charge on any atom is -0.346 e. The molecule has 2 heterocycles. The van der Waals surface area contributed by atoms with Gasteiger partial charge in [-0.1, -0.05) is 30.3 Å². The summed E-state index contributed by atoms with van der Waals surface area (Å²) in [7, 11) is 0. The third-order valence-electron chi connectivity index (χ3n) is 4.18. The Morgan fingerprint density at radius 2 is 1.90 bits per heavy atom. The molecule has 0 fully saturated rings. The molecule has 0 saturated heterocycles. The van der Waals surface area contributed by atoms with Gasteiger partial charge in [0.25, 0.3) is 11.8 Å². The summed E-state index contributed by atoms with van der Waals surface area (Å²) in [6.45, 7) is 2.24. The molecule has 0 bridgehead atoms. The standard InChI is InChI=1S/C19H21F2N5O.2ClH/c1-12(2)26-17-15(9-24-26)14(18(27)23-11-19(20,21)10-22)8-16(25-17)13-6-4-3-5-7-13;;/h3-9,12H,10-11,22H2,1-2H3,(H,23,27);2*1H. The van der Waals surface area contributed by atoms with Crippen LogP contribution in [0, 0.1) is 0 Å². The first-order valence-electron chi connectivity index (χ1n) is 8.62. The van der Waals surface area contributed by atoms with Gasteiger partial charge in [-0.05, 0) is 19.9 Å². The highest BCUT2D eigenvalue weighted by Crippen LogP contribution is 2.26. The Bertz CT molecular complexity index is 964. The summed E-state index contributed by atoms with van der Waals surface area (Å²) in [6.07, 6.45) is 1.53. The molecule has 3 aromatic rings. The van der Waals surface area contributed by atoms with Crippen molar-refractivity contribution in [2.45, 2.75) is 25.8 Å². The Kier molecular flexibility index (Phi) is 8.50. The van der Waals surface area contributed by atoms with E-state index in [0.29, 0.717) is 16.7 Å². The highest BCUT2D eigenvalue weighted by Gasteiger charge is 2.28. The van der Waals surface area contributed by atoms with E-state index in [1.54, 1.807) is 10.7 Å². The molecule has 0 aliphatic heterocycles. The van der Waals surface area contributed by atoms with Gasteiger partial charge in [0.2, 0.25) is 0 Å². The number of carbonyl (C=O) groups is 1. The van der Waals surface area contributed by atoms with Gasteiger partial charge in [0.1, 0.15) is 0 Å². The van der Waals surface area contributed by atoms with E-state index in [1.165, 1.54) is 6.20 Å². The molecular formula is C19H23Cl2F2N5O. The van der Waals surface area contributed by atoms with Crippen molar-refractivity contribution < 1.29 is 13.6 Å². The van der Waals surface area contributed by atoms with Gasteiger partial charge in [-0.3, -0.25) is 4.79 Å². The van der Waals surface area contributed by atoms with Crippen molar-refractivity contribution in [1.82, 2.24) is 20.1 Å². The van der Waals surface area contributed by atoms with Gasteiger partial charge in [0.15, 0.2) is 5.65 Å².